The minimum absolute atomic E-state index is 0.0102. The Balaban J connectivity index is 2.04. The maximum absolute atomic E-state index is 14.0. The van der Waals surface area contributed by atoms with E-state index >= 15 is 0 Å². The van der Waals surface area contributed by atoms with Crippen molar-refractivity contribution >= 4 is 55.1 Å². The number of benzene rings is 3. The highest BCUT2D eigenvalue weighted by Crippen LogP contribution is 2.32. The van der Waals surface area contributed by atoms with Crippen LogP contribution in [-0.2, 0) is 26.2 Å². The summed E-state index contributed by atoms with van der Waals surface area (Å²) in [4.78, 5) is 28.4. The lowest BCUT2D eigenvalue weighted by Crippen LogP contribution is -2.51. The summed E-state index contributed by atoms with van der Waals surface area (Å²) in [5.41, 5.74) is 0.957. The number of nitrogens with zero attached hydrogens (tertiary/aromatic N) is 2. The van der Waals surface area contributed by atoms with Gasteiger partial charge in [0.15, 0.2) is 0 Å². The fraction of sp³-hybridized carbons (Fsp3) is 0.310. The molecule has 0 aromatic heterocycles. The fourth-order valence-corrected chi connectivity index (χ4v) is 6.05. The van der Waals surface area contributed by atoms with Crippen LogP contribution in [0.25, 0.3) is 0 Å². The molecule has 8 nitrogen and oxygen atoms in total. The van der Waals surface area contributed by atoms with E-state index in [1.54, 1.807) is 25.1 Å². The Hall–Kier alpha value is -3.08. The van der Waals surface area contributed by atoms with E-state index in [1.807, 2.05) is 38.1 Å². The number of nitrogens with one attached hydrogen (secondary N) is 1. The zero-order chi connectivity index (χ0) is 29.4. The molecule has 0 aliphatic rings. The van der Waals surface area contributed by atoms with Crippen LogP contribution in [0.3, 0.4) is 0 Å². The van der Waals surface area contributed by atoms with Gasteiger partial charge in [-0.05, 0) is 60.9 Å². The molecule has 1 N–H and O–H groups in total. The van der Waals surface area contributed by atoms with Crippen LogP contribution in [0.4, 0.5) is 5.69 Å². The summed E-state index contributed by atoms with van der Waals surface area (Å²) in [7, 11) is -2.73. The Bertz CT molecular complexity index is 1440. The average molecular weight is 651 g/mol. The van der Waals surface area contributed by atoms with Gasteiger partial charge < -0.3 is 15.0 Å². The standard InChI is InChI=1S/C29H33BrClN3O5S/c1-20(2)17-32-29(36)21(3)33(18-22-9-8-10-23(30)15-22)28(35)19-34(24-13-14-27(39-4)26(31)16-24)40(37,38)25-11-6-5-7-12-25/h5-16,20-21H,17-19H2,1-4H3,(H,32,36)/t21-/m1/s1. The molecule has 3 aromatic rings. The maximum Gasteiger partial charge on any atom is 0.264 e. The van der Waals surface area contributed by atoms with Crippen LogP contribution in [-0.4, -0.2) is 51.4 Å². The van der Waals surface area contributed by atoms with Gasteiger partial charge in [-0.25, -0.2) is 8.42 Å². The minimum atomic E-state index is -4.19. The Kier molecular flexibility index (Phi) is 11.0. The van der Waals surface area contributed by atoms with Gasteiger partial charge >= 0.3 is 0 Å². The Morgan fingerprint density at radius 2 is 1.70 bits per heavy atom. The normalized spacial score (nSPS) is 12.1. The third kappa shape index (κ3) is 7.99. The lowest BCUT2D eigenvalue weighted by Gasteiger charge is -2.32. The topological polar surface area (TPSA) is 96.0 Å². The van der Waals surface area contributed by atoms with Gasteiger partial charge in [0.25, 0.3) is 10.0 Å². The van der Waals surface area contributed by atoms with Crippen molar-refractivity contribution in [3.05, 3.63) is 87.9 Å². The third-order valence-corrected chi connectivity index (χ3v) is 8.70. The molecule has 0 spiro atoms. The van der Waals surface area contributed by atoms with Crippen molar-refractivity contribution in [3.8, 4) is 5.75 Å². The molecule has 0 radical (unpaired) electrons. The molecule has 3 rings (SSSR count). The first-order valence-corrected chi connectivity index (χ1v) is 15.3. The maximum atomic E-state index is 14.0. The van der Waals surface area contributed by atoms with Crippen LogP contribution in [0.5, 0.6) is 5.75 Å². The Labute approximate surface area is 249 Å². The molecule has 0 saturated carbocycles. The largest absolute Gasteiger partial charge is 0.495 e. The van der Waals surface area contributed by atoms with Gasteiger partial charge in [0.2, 0.25) is 11.8 Å². The van der Waals surface area contributed by atoms with Gasteiger partial charge in [0.1, 0.15) is 18.3 Å². The van der Waals surface area contributed by atoms with Crippen LogP contribution < -0.4 is 14.4 Å². The van der Waals surface area contributed by atoms with Crippen molar-refractivity contribution in [3.63, 3.8) is 0 Å². The highest BCUT2D eigenvalue weighted by atomic mass is 79.9. The smallest absolute Gasteiger partial charge is 0.264 e. The van der Waals surface area contributed by atoms with Crippen molar-refractivity contribution in [2.75, 3.05) is 24.5 Å². The van der Waals surface area contributed by atoms with Crippen LogP contribution in [0.1, 0.15) is 26.3 Å². The highest BCUT2D eigenvalue weighted by molar-refractivity contribution is 9.10. The van der Waals surface area contributed by atoms with E-state index in [0.717, 1.165) is 14.3 Å². The first-order valence-electron chi connectivity index (χ1n) is 12.7. The summed E-state index contributed by atoms with van der Waals surface area (Å²) in [6.07, 6.45) is 0. The quantitative estimate of drug-likeness (QED) is 0.280. The number of carbonyl (C=O) groups excluding carboxylic acids is 2. The number of ether oxygens (including phenoxy) is 1. The molecular formula is C29H33BrClN3O5S. The molecule has 0 heterocycles. The predicted octanol–water partition coefficient (Wildman–Crippen LogP) is 5.50. The summed E-state index contributed by atoms with van der Waals surface area (Å²) in [6.45, 7) is 5.56. The molecule has 0 aliphatic heterocycles. The Morgan fingerprint density at radius 3 is 2.30 bits per heavy atom. The van der Waals surface area contributed by atoms with E-state index in [4.69, 9.17) is 16.3 Å². The monoisotopic (exact) mass is 649 g/mol. The molecule has 0 saturated heterocycles. The molecular weight excluding hydrogens is 618 g/mol. The Morgan fingerprint density at radius 1 is 1.00 bits per heavy atom. The molecule has 0 bridgehead atoms. The minimum Gasteiger partial charge on any atom is -0.495 e. The number of hydrogen-bond donors (Lipinski definition) is 1. The summed E-state index contributed by atoms with van der Waals surface area (Å²) in [5.74, 6) is -0.308. The van der Waals surface area contributed by atoms with E-state index < -0.39 is 28.5 Å². The molecule has 0 aliphatic carbocycles. The van der Waals surface area contributed by atoms with E-state index in [9.17, 15) is 18.0 Å². The second-order valence-electron chi connectivity index (χ2n) is 9.61. The second kappa shape index (κ2) is 14.0. The molecule has 214 valence electrons. The van der Waals surface area contributed by atoms with Gasteiger partial charge in [0, 0.05) is 17.6 Å². The number of methoxy groups -OCH3 is 1. The van der Waals surface area contributed by atoms with Crippen molar-refractivity contribution in [1.82, 2.24) is 10.2 Å². The van der Waals surface area contributed by atoms with Gasteiger partial charge in [-0.2, -0.15) is 0 Å². The van der Waals surface area contributed by atoms with Gasteiger partial charge in [-0.1, -0.05) is 71.7 Å². The second-order valence-corrected chi connectivity index (χ2v) is 12.8. The van der Waals surface area contributed by atoms with Crippen molar-refractivity contribution < 1.29 is 22.7 Å². The number of rotatable bonds is 12. The predicted molar refractivity (Wildman–Crippen MR) is 161 cm³/mol. The van der Waals surface area contributed by atoms with Crippen molar-refractivity contribution in [2.45, 2.75) is 38.3 Å². The molecule has 2 amide bonds. The molecule has 0 unspecified atom stereocenters. The highest BCUT2D eigenvalue weighted by Gasteiger charge is 2.32. The number of amides is 2. The fourth-order valence-electron chi connectivity index (χ4n) is 3.93. The summed E-state index contributed by atoms with van der Waals surface area (Å²) >= 11 is 9.79. The van der Waals surface area contributed by atoms with Crippen LogP contribution in [0.2, 0.25) is 5.02 Å². The van der Waals surface area contributed by atoms with Gasteiger partial charge in [-0.3, -0.25) is 13.9 Å². The van der Waals surface area contributed by atoms with E-state index in [0.29, 0.717) is 12.3 Å². The molecule has 11 heteroatoms. The van der Waals surface area contributed by atoms with Crippen molar-refractivity contribution in [2.24, 2.45) is 5.92 Å². The van der Waals surface area contributed by atoms with Crippen LogP contribution in [0, 0.1) is 5.92 Å². The first kappa shape index (κ1) is 31.4. The van der Waals surface area contributed by atoms with Crippen LogP contribution >= 0.6 is 27.5 Å². The third-order valence-electron chi connectivity index (χ3n) is 6.13. The number of halogens is 2. The summed E-state index contributed by atoms with van der Waals surface area (Å²) in [5, 5.41) is 3.06. The number of sulfonamides is 1. The van der Waals surface area contributed by atoms with Crippen LogP contribution in [0.15, 0.2) is 82.2 Å². The lowest BCUT2D eigenvalue weighted by molar-refractivity contribution is -0.139. The number of carbonyl (C=O) groups is 2. The van der Waals surface area contributed by atoms with E-state index in [1.165, 1.54) is 42.3 Å². The van der Waals surface area contributed by atoms with Crippen molar-refractivity contribution in [1.29, 1.82) is 0 Å². The molecule has 0 fully saturated rings. The SMILES string of the molecule is COc1ccc(N(CC(=O)N(Cc2cccc(Br)c2)[C@H](C)C(=O)NCC(C)C)S(=O)(=O)c2ccccc2)cc1Cl. The number of anilines is 1. The summed E-state index contributed by atoms with van der Waals surface area (Å²) < 4.78 is 34.7. The van der Waals surface area contributed by atoms with Gasteiger partial charge in [-0.15, -0.1) is 0 Å². The number of hydrogen-bond acceptors (Lipinski definition) is 5. The zero-order valence-corrected chi connectivity index (χ0v) is 26.0. The van der Waals surface area contributed by atoms with E-state index in [2.05, 4.69) is 21.2 Å². The van der Waals surface area contributed by atoms with E-state index in [-0.39, 0.29) is 34.0 Å². The first-order chi connectivity index (χ1) is 18.9. The zero-order valence-electron chi connectivity index (χ0n) is 22.8. The molecule has 1 atom stereocenters. The van der Waals surface area contributed by atoms with Gasteiger partial charge in [0.05, 0.1) is 22.7 Å². The molecule has 3 aromatic carbocycles. The lowest BCUT2D eigenvalue weighted by atomic mass is 10.1. The summed E-state index contributed by atoms with van der Waals surface area (Å²) in [6, 6.07) is 18.8. The average Bonchev–Trinajstić information content (AvgIpc) is 2.93. The molecule has 40 heavy (non-hydrogen) atoms.